The summed E-state index contributed by atoms with van der Waals surface area (Å²) in [5.74, 6) is -0.988. The Bertz CT molecular complexity index is 263. The molecule has 0 unspecified atom stereocenters. The van der Waals surface area contributed by atoms with Crippen molar-refractivity contribution in [2.45, 2.75) is 0 Å². The number of alkyl halides is 1. The van der Waals surface area contributed by atoms with E-state index < -0.39 is 5.97 Å². The number of anilines is 1. The van der Waals surface area contributed by atoms with Crippen LogP contribution in [0.4, 0.5) is 5.69 Å². The molecule has 1 aromatic carbocycles. The first-order chi connectivity index (χ1) is 5.72. The zero-order chi connectivity index (χ0) is 9.56. The van der Waals surface area contributed by atoms with Crippen molar-refractivity contribution in [2.24, 2.45) is 0 Å². The topological polar surface area (TPSA) is 63.3 Å². The summed E-state index contributed by atoms with van der Waals surface area (Å²) in [6.45, 7) is 0. The quantitative estimate of drug-likeness (QED) is 0.469. The zero-order valence-corrected chi connectivity index (χ0v) is 8.78. The molecular formula is C8H10INO2. The molecule has 1 rings (SSSR count). The van der Waals surface area contributed by atoms with Crippen molar-refractivity contribution in [3.63, 3.8) is 0 Å². The van der Waals surface area contributed by atoms with Crippen LogP contribution in [0.1, 0.15) is 10.4 Å². The average molecular weight is 279 g/mol. The molecule has 66 valence electrons. The molecule has 0 aliphatic carbocycles. The highest BCUT2D eigenvalue weighted by Gasteiger charge is 2.03. The monoisotopic (exact) mass is 279 g/mol. The summed E-state index contributed by atoms with van der Waals surface area (Å²) in [5.41, 5.74) is 5.80. The second kappa shape index (κ2) is 5.82. The van der Waals surface area contributed by atoms with Crippen LogP contribution in [0.3, 0.4) is 0 Å². The first kappa shape index (κ1) is 11.2. The van der Waals surface area contributed by atoms with Crippen molar-refractivity contribution in [1.82, 2.24) is 0 Å². The van der Waals surface area contributed by atoms with Gasteiger partial charge in [0.2, 0.25) is 0 Å². The van der Waals surface area contributed by atoms with E-state index in [0.29, 0.717) is 5.69 Å². The first-order valence-electron chi connectivity index (χ1n) is 3.17. The minimum atomic E-state index is -0.988. The number of aromatic carboxylic acids is 1. The van der Waals surface area contributed by atoms with Gasteiger partial charge in [-0.2, -0.15) is 0 Å². The molecule has 3 N–H and O–H groups in total. The Morgan fingerprint density at radius 3 is 2.25 bits per heavy atom. The molecule has 0 heterocycles. The SMILES string of the molecule is CI.Nc1ccccc1C(=O)O. The Morgan fingerprint density at radius 2 is 1.92 bits per heavy atom. The maximum absolute atomic E-state index is 10.3. The first-order valence-corrected chi connectivity index (χ1v) is 5.33. The Hall–Kier alpha value is -0.780. The fraction of sp³-hybridized carbons (Fsp3) is 0.125. The van der Waals surface area contributed by atoms with Gasteiger partial charge in [0.15, 0.2) is 0 Å². The summed E-state index contributed by atoms with van der Waals surface area (Å²) < 4.78 is 0. The van der Waals surface area contributed by atoms with Crippen LogP contribution in [-0.4, -0.2) is 16.0 Å². The highest BCUT2D eigenvalue weighted by molar-refractivity contribution is 14.1. The molecule has 0 bridgehead atoms. The van der Waals surface area contributed by atoms with E-state index in [9.17, 15) is 4.79 Å². The molecule has 0 atom stereocenters. The number of hydrogen-bond acceptors (Lipinski definition) is 2. The van der Waals surface area contributed by atoms with Crippen molar-refractivity contribution in [3.05, 3.63) is 29.8 Å². The third-order valence-corrected chi connectivity index (χ3v) is 1.19. The lowest BCUT2D eigenvalue weighted by Crippen LogP contribution is -2.00. The lowest BCUT2D eigenvalue weighted by atomic mass is 10.2. The van der Waals surface area contributed by atoms with Gasteiger partial charge in [0.25, 0.3) is 0 Å². The third kappa shape index (κ3) is 3.08. The standard InChI is InChI=1S/C7H7NO2.CH3I/c8-6-4-2-1-3-5(6)7(9)10;1-2/h1-4H,8H2,(H,9,10);1H3. The largest absolute Gasteiger partial charge is 0.478 e. The van der Waals surface area contributed by atoms with Crippen LogP contribution in [0, 0.1) is 0 Å². The number of halogens is 1. The molecule has 3 nitrogen and oxygen atoms in total. The van der Waals surface area contributed by atoms with E-state index in [1.54, 1.807) is 18.2 Å². The van der Waals surface area contributed by atoms with Gasteiger partial charge in [-0.25, -0.2) is 4.79 Å². The molecule has 0 aromatic heterocycles. The van der Waals surface area contributed by atoms with Gasteiger partial charge in [0.05, 0.1) is 5.56 Å². The number of nitrogen functional groups attached to an aromatic ring is 1. The number of carboxylic acid groups (broad SMARTS) is 1. The molecule has 0 radical (unpaired) electrons. The number of carbonyl (C=O) groups is 1. The van der Waals surface area contributed by atoms with Gasteiger partial charge in [-0.15, -0.1) is 0 Å². The van der Waals surface area contributed by atoms with E-state index in [0.717, 1.165) is 0 Å². The molecule has 1 aromatic rings. The highest BCUT2D eigenvalue weighted by atomic mass is 127. The van der Waals surface area contributed by atoms with E-state index in [-0.39, 0.29) is 5.56 Å². The normalized spacial score (nSPS) is 8.17. The smallest absolute Gasteiger partial charge is 0.337 e. The predicted octanol–water partition coefficient (Wildman–Crippen LogP) is 2.02. The number of carboxylic acids is 1. The number of rotatable bonds is 1. The summed E-state index contributed by atoms with van der Waals surface area (Å²) in [6.07, 6.45) is 0. The zero-order valence-electron chi connectivity index (χ0n) is 6.62. The van der Waals surface area contributed by atoms with Crippen molar-refractivity contribution >= 4 is 34.2 Å². The van der Waals surface area contributed by atoms with Gasteiger partial charge in [0, 0.05) is 5.69 Å². The van der Waals surface area contributed by atoms with Gasteiger partial charge in [0.1, 0.15) is 0 Å². The van der Waals surface area contributed by atoms with Crippen molar-refractivity contribution < 1.29 is 9.90 Å². The summed E-state index contributed by atoms with van der Waals surface area (Å²) in [7, 11) is 0. The molecule has 0 amide bonds. The number of para-hydroxylation sites is 1. The number of benzene rings is 1. The van der Waals surface area contributed by atoms with Gasteiger partial charge in [-0.1, -0.05) is 34.7 Å². The molecule has 0 fully saturated rings. The molecule has 0 aliphatic rings. The molecule has 0 aliphatic heterocycles. The van der Waals surface area contributed by atoms with E-state index >= 15 is 0 Å². The second-order valence-electron chi connectivity index (χ2n) is 1.89. The lowest BCUT2D eigenvalue weighted by molar-refractivity contribution is 0.0698. The van der Waals surface area contributed by atoms with Crippen molar-refractivity contribution in [1.29, 1.82) is 0 Å². The van der Waals surface area contributed by atoms with Crippen molar-refractivity contribution in [3.8, 4) is 0 Å². The third-order valence-electron chi connectivity index (χ3n) is 1.19. The molecule has 12 heavy (non-hydrogen) atoms. The van der Waals surface area contributed by atoms with Crippen LogP contribution in [0.2, 0.25) is 0 Å². The van der Waals surface area contributed by atoms with Crippen LogP contribution < -0.4 is 5.73 Å². The Kier molecular flexibility index (Phi) is 5.44. The number of hydrogen-bond donors (Lipinski definition) is 2. The Labute approximate surface area is 84.7 Å². The van der Waals surface area contributed by atoms with Gasteiger partial charge in [-0.05, 0) is 17.1 Å². The molecule has 0 saturated carbocycles. The molecule has 0 spiro atoms. The highest BCUT2D eigenvalue weighted by Crippen LogP contribution is 2.08. The average Bonchev–Trinajstić information content (AvgIpc) is 2.08. The fourth-order valence-electron chi connectivity index (χ4n) is 0.692. The van der Waals surface area contributed by atoms with Crippen LogP contribution in [0.5, 0.6) is 0 Å². The lowest BCUT2D eigenvalue weighted by Gasteiger charge is -1.96. The van der Waals surface area contributed by atoms with Crippen LogP contribution >= 0.6 is 22.6 Å². The van der Waals surface area contributed by atoms with Gasteiger partial charge >= 0.3 is 5.97 Å². The number of nitrogens with two attached hydrogens (primary N) is 1. The van der Waals surface area contributed by atoms with Crippen LogP contribution in [-0.2, 0) is 0 Å². The summed E-state index contributed by atoms with van der Waals surface area (Å²) in [5, 5.41) is 8.49. The summed E-state index contributed by atoms with van der Waals surface area (Å²) in [6, 6.07) is 6.36. The Morgan fingerprint density at radius 1 is 1.42 bits per heavy atom. The fourth-order valence-corrected chi connectivity index (χ4v) is 0.692. The van der Waals surface area contributed by atoms with E-state index in [2.05, 4.69) is 22.6 Å². The van der Waals surface area contributed by atoms with E-state index in [1.807, 2.05) is 4.93 Å². The summed E-state index contributed by atoms with van der Waals surface area (Å²) in [4.78, 5) is 12.3. The Balaban J connectivity index is 0.000000561. The van der Waals surface area contributed by atoms with E-state index in [1.165, 1.54) is 6.07 Å². The molecular weight excluding hydrogens is 269 g/mol. The maximum atomic E-state index is 10.3. The maximum Gasteiger partial charge on any atom is 0.337 e. The minimum absolute atomic E-state index is 0.155. The van der Waals surface area contributed by atoms with Gasteiger partial charge in [-0.3, -0.25) is 0 Å². The van der Waals surface area contributed by atoms with E-state index in [4.69, 9.17) is 10.8 Å². The van der Waals surface area contributed by atoms with Crippen LogP contribution in [0.25, 0.3) is 0 Å². The van der Waals surface area contributed by atoms with Gasteiger partial charge < -0.3 is 10.8 Å². The minimum Gasteiger partial charge on any atom is -0.478 e. The molecule has 4 heteroatoms. The predicted molar refractivity (Wildman–Crippen MR) is 57.8 cm³/mol. The second-order valence-corrected chi connectivity index (χ2v) is 1.89. The van der Waals surface area contributed by atoms with Crippen LogP contribution in [0.15, 0.2) is 24.3 Å². The summed E-state index contributed by atoms with van der Waals surface area (Å²) >= 11 is 2.15. The molecule has 0 saturated heterocycles. The van der Waals surface area contributed by atoms with Crippen molar-refractivity contribution in [2.75, 3.05) is 10.7 Å².